The van der Waals surface area contributed by atoms with E-state index < -0.39 is 12.0 Å². The maximum Gasteiger partial charge on any atom is 0.451 e. The molecular formula is C17H11F3N4OS2. The SMILES string of the molecule is CC(Sc1nc(C(F)(F)F)nc2ccccc12)c1nnc(-c2cccs2)o1. The number of thioether (sulfide) groups is 1. The summed E-state index contributed by atoms with van der Waals surface area (Å²) in [5.41, 5.74) is 0.235. The molecule has 3 aromatic heterocycles. The fourth-order valence-corrected chi connectivity index (χ4v) is 3.99. The maximum absolute atomic E-state index is 13.1. The molecule has 0 saturated carbocycles. The summed E-state index contributed by atoms with van der Waals surface area (Å²) in [5, 5.41) is 10.3. The Morgan fingerprint density at radius 1 is 1.07 bits per heavy atom. The largest absolute Gasteiger partial charge is 0.451 e. The van der Waals surface area contributed by atoms with Crippen LogP contribution in [0.1, 0.15) is 23.9 Å². The first-order valence-electron chi connectivity index (χ1n) is 7.80. The molecule has 0 N–H and O–H groups in total. The second-order valence-electron chi connectivity index (χ2n) is 5.55. The number of halogens is 3. The lowest BCUT2D eigenvalue weighted by Crippen LogP contribution is -2.12. The summed E-state index contributed by atoms with van der Waals surface area (Å²) in [6.45, 7) is 1.78. The number of hydrogen-bond donors (Lipinski definition) is 0. The molecule has 0 aliphatic carbocycles. The van der Waals surface area contributed by atoms with Crippen molar-refractivity contribution in [2.75, 3.05) is 0 Å². The van der Waals surface area contributed by atoms with Gasteiger partial charge in [0.2, 0.25) is 11.7 Å². The second-order valence-corrected chi connectivity index (χ2v) is 7.83. The number of hydrogen-bond acceptors (Lipinski definition) is 7. The molecule has 10 heteroatoms. The van der Waals surface area contributed by atoms with E-state index in [4.69, 9.17) is 4.42 Å². The molecular weight excluding hydrogens is 397 g/mol. The number of aromatic nitrogens is 4. The molecule has 0 saturated heterocycles. The van der Waals surface area contributed by atoms with Gasteiger partial charge in [0.25, 0.3) is 5.89 Å². The highest BCUT2D eigenvalue weighted by Gasteiger charge is 2.36. The molecule has 27 heavy (non-hydrogen) atoms. The predicted molar refractivity (Wildman–Crippen MR) is 96.4 cm³/mol. The van der Waals surface area contributed by atoms with E-state index in [1.807, 2.05) is 17.5 Å². The van der Waals surface area contributed by atoms with Gasteiger partial charge in [-0.3, -0.25) is 0 Å². The first kappa shape index (κ1) is 17.9. The molecule has 138 valence electrons. The second kappa shape index (κ2) is 6.93. The summed E-state index contributed by atoms with van der Waals surface area (Å²) in [5.74, 6) is -0.462. The minimum Gasteiger partial charge on any atom is -0.419 e. The Morgan fingerprint density at radius 3 is 2.63 bits per heavy atom. The number of alkyl halides is 3. The van der Waals surface area contributed by atoms with Crippen LogP contribution >= 0.6 is 23.1 Å². The quantitative estimate of drug-likeness (QED) is 0.323. The Kier molecular flexibility index (Phi) is 4.60. The monoisotopic (exact) mass is 408 g/mol. The molecule has 0 spiro atoms. The van der Waals surface area contributed by atoms with Gasteiger partial charge in [0.15, 0.2) is 0 Å². The number of rotatable bonds is 4. The van der Waals surface area contributed by atoms with Crippen LogP contribution in [-0.4, -0.2) is 20.2 Å². The Labute approximate surface area is 159 Å². The Morgan fingerprint density at radius 2 is 1.89 bits per heavy atom. The van der Waals surface area contributed by atoms with Crippen molar-refractivity contribution in [2.45, 2.75) is 23.4 Å². The van der Waals surface area contributed by atoms with Crippen molar-refractivity contribution < 1.29 is 17.6 Å². The molecule has 0 radical (unpaired) electrons. The molecule has 0 bridgehead atoms. The van der Waals surface area contributed by atoms with Gasteiger partial charge in [-0.1, -0.05) is 36.0 Å². The van der Waals surface area contributed by atoms with E-state index in [0.29, 0.717) is 17.2 Å². The molecule has 1 atom stereocenters. The van der Waals surface area contributed by atoms with Crippen molar-refractivity contribution in [3.8, 4) is 10.8 Å². The van der Waals surface area contributed by atoms with Crippen molar-refractivity contribution >= 4 is 34.0 Å². The van der Waals surface area contributed by atoms with Gasteiger partial charge in [-0.05, 0) is 24.4 Å². The fraction of sp³-hybridized carbons (Fsp3) is 0.176. The van der Waals surface area contributed by atoms with Crippen LogP contribution in [-0.2, 0) is 6.18 Å². The lowest BCUT2D eigenvalue weighted by atomic mass is 10.2. The minimum atomic E-state index is -4.63. The van der Waals surface area contributed by atoms with Crippen molar-refractivity contribution in [3.05, 3.63) is 53.5 Å². The number of nitrogens with zero attached hydrogens (tertiary/aromatic N) is 4. The van der Waals surface area contributed by atoms with Gasteiger partial charge >= 0.3 is 6.18 Å². The van der Waals surface area contributed by atoms with Crippen LogP contribution in [0.5, 0.6) is 0 Å². The Hall–Kier alpha value is -2.46. The third-order valence-corrected chi connectivity index (χ3v) is 5.58. The van der Waals surface area contributed by atoms with E-state index in [9.17, 15) is 13.2 Å². The minimum absolute atomic E-state index is 0.219. The van der Waals surface area contributed by atoms with Crippen LogP contribution in [0.15, 0.2) is 51.2 Å². The van der Waals surface area contributed by atoms with E-state index >= 15 is 0 Å². The summed E-state index contributed by atoms with van der Waals surface area (Å²) < 4.78 is 45.1. The summed E-state index contributed by atoms with van der Waals surface area (Å²) in [4.78, 5) is 8.19. The third kappa shape index (κ3) is 3.67. The summed E-state index contributed by atoms with van der Waals surface area (Å²) in [7, 11) is 0. The third-order valence-electron chi connectivity index (χ3n) is 3.63. The molecule has 4 rings (SSSR count). The van der Waals surface area contributed by atoms with E-state index in [-0.39, 0.29) is 15.8 Å². The number of fused-ring (bicyclic) bond motifs is 1. The summed E-state index contributed by atoms with van der Waals surface area (Å²) in [6.07, 6.45) is -4.63. The molecule has 5 nitrogen and oxygen atoms in total. The average molecular weight is 408 g/mol. The molecule has 0 fully saturated rings. The average Bonchev–Trinajstić information content (AvgIpc) is 3.32. The Bertz CT molecular complexity index is 1080. The zero-order chi connectivity index (χ0) is 19.0. The van der Waals surface area contributed by atoms with Gasteiger partial charge in [-0.2, -0.15) is 13.2 Å². The van der Waals surface area contributed by atoms with E-state index in [1.165, 1.54) is 17.4 Å². The van der Waals surface area contributed by atoms with Crippen molar-refractivity contribution in [3.63, 3.8) is 0 Å². The van der Waals surface area contributed by atoms with Gasteiger partial charge < -0.3 is 4.42 Å². The molecule has 0 aliphatic rings. The van der Waals surface area contributed by atoms with Gasteiger partial charge in [0.1, 0.15) is 5.03 Å². The lowest BCUT2D eigenvalue weighted by Gasteiger charge is -2.12. The van der Waals surface area contributed by atoms with Gasteiger partial charge in [0, 0.05) is 5.39 Å². The topological polar surface area (TPSA) is 64.7 Å². The van der Waals surface area contributed by atoms with E-state index in [0.717, 1.165) is 16.6 Å². The molecule has 1 unspecified atom stereocenters. The Balaban J connectivity index is 1.68. The smallest absolute Gasteiger partial charge is 0.419 e. The molecule has 1 aromatic carbocycles. The maximum atomic E-state index is 13.1. The van der Waals surface area contributed by atoms with Crippen molar-refractivity contribution in [1.82, 2.24) is 20.2 Å². The highest BCUT2D eigenvalue weighted by Crippen LogP contribution is 2.39. The van der Waals surface area contributed by atoms with Gasteiger partial charge in [-0.25, -0.2) is 9.97 Å². The first-order valence-corrected chi connectivity index (χ1v) is 9.55. The van der Waals surface area contributed by atoms with Crippen LogP contribution in [0.3, 0.4) is 0 Å². The lowest BCUT2D eigenvalue weighted by molar-refractivity contribution is -0.145. The number of thiophene rings is 1. The van der Waals surface area contributed by atoms with Crippen LogP contribution in [0.4, 0.5) is 13.2 Å². The van der Waals surface area contributed by atoms with Crippen molar-refractivity contribution in [1.29, 1.82) is 0 Å². The van der Waals surface area contributed by atoms with Gasteiger partial charge in [-0.15, -0.1) is 21.5 Å². The zero-order valence-electron chi connectivity index (χ0n) is 13.8. The normalized spacial score (nSPS) is 13.2. The van der Waals surface area contributed by atoms with E-state index in [1.54, 1.807) is 25.1 Å². The fourth-order valence-electron chi connectivity index (χ4n) is 2.38. The van der Waals surface area contributed by atoms with Crippen LogP contribution in [0, 0.1) is 0 Å². The van der Waals surface area contributed by atoms with Crippen LogP contribution in [0.2, 0.25) is 0 Å². The first-order chi connectivity index (χ1) is 12.9. The van der Waals surface area contributed by atoms with Gasteiger partial charge in [0.05, 0.1) is 15.6 Å². The zero-order valence-corrected chi connectivity index (χ0v) is 15.4. The van der Waals surface area contributed by atoms with Crippen LogP contribution < -0.4 is 0 Å². The summed E-state index contributed by atoms with van der Waals surface area (Å²) >= 11 is 2.59. The molecule has 4 aromatic rings. The number of para-hydroxylation sites is 1. The molecule has 3 heterocycles. The molecule has 0 amide bonds. The van der Waals surface area contributed by atoms with Crippen LogP contribution in [0.25, 0.3) is 21.7 Å². The van der Waals surface area contributed by atoms with Crippen molar-refractivity contribution in [2.24, 2.45) is 0 Å². The predicted octanol–water partition coefficient (Wildman–Crippen LogP) is 5.61. The summed E-state index contributed by atoms with van der Waals surface area (Å²) in [6, 6.07) is 10.3. The standard InChI is InChI=1S/C17H11F3N4OS2/c1-9(13-23-24-14(25-13)12-7-4-8-26-12)27-15-10-5-2-3-6-11(10)21-16(22-15)17(18,19)20/h2-9H,1H3. The highest BCUT2D eigenvalue weighted by molar-refractivity contribution is 7.99. The number of benzene rings is 1. The highest BCUT2D eigenvalue weighted by atomic mass is 32.2. The van der Waals surface area contributed by atoms with E-state index in [2.05, 4.69) is 20.2 Å². The molecule has 0 aliphatic heterocycles.